The third kappa shape index (κ3) is 4.62. The highest BCUT2D eigenvalue weighted by Crippen LogP contribution is 2.24. The van der Waals surface area contributed by atoms with Gasteiger partial charge in [0.25, 0.3) is 11.8 Å². The molecule has 1 aliphatic rings. The predicted molar refractivity (Wildman–Crippen MR) is 100 cm³/mol. The maximum absolute atomic E-state index is 13.0. The zero-order chi connectivity index (χ0) is 18.4. The summed E-state index contributed by atoms with van der Waals surface area (Å²) in [5, 5.41) is 0. The number of amides is 2. The van der Waals surface area contributed by atoms with Crippen molar-refractivity contribution in [2.45, 2.75) is 6.04 Å². The minimum atomic E-state index is -0.487. The van der Waals surface area contributed by atoms with Gasteiger partial charge in [-0.15, -0.1) is 0 Å². The third-order valence-corrected chi connectivity index (χ3v) is 5.12. The van der Waals surface area contributed by atoms with E-state index in [1.165, 1.54) is 24.3 Å². The molecule has 5 nitrogen and oxygen atoms in total. The molecule has 2 amide bonds. The smallest absolute Gasteiger partial charge is 0.269 e. The van der Waals surface area contributed by atoms with Gasteiger partial charge in [-0.1, -0.05) is 30.3 Å². The van der Waals surface area contributed by atoms with Gasteiger partial charge in [0, 0.05) is 30.2 Å². The van der Waals surface area contributed by atoms with Gasteiger partial charge in [0.15, 0.2) is 0 Å². The zero-order valence-electron chi connectivity index (χ0n) is 14.2. The molecule has 1 heterocycles. The van der Waals surface area contributed by atoms with Crippen molar-refractivity contribution >= 4 is 23.6 Å². The number of carbonyl (C=O) groups is 2. The van der Waals surface area contributed by atoms with E-state index in [1.54, 1.807) is 0 Å². The summed E-state index contributed by atoms with van der Waals surface area (Å²) in [5.74, 6) is 0.743. The Kier molecular flexibility index (Phi) is 6.25. The lowest BCUT2D eigenvalue weighted by atomic mass is 10.0. The van der Waals surface area contributed by atoms with E-state index in [0.29, 0.717) is 0 Å². The van der Waals surface area contributed by atoms with Gasteiger partial charge in [0.05, 0.1) is 0 Å². The molecule has 7 heteroatoms. The van der Waals surface area contributed by atoms with Gasteiger partial charge in [-0.3, -0.25) is 25.3 Å². The molecule has 3 rings (SSSR count). The standard InChI is InChI=1S/C19H20FN3O2S/c20-16-8-6-15(7-9-16)18(24)21-22-19(25)17(14-4-2-1-3-5-14)23-10-12-26-13-11-23/h1-9,17H,10-13H2,(H,21,24)(H,22,25). The fraction of sp³-hybridized carbons (Fsp3) is 0.263. The van der Waals surface area contributed by atoms with Gasteiger partial charge in [0.1, 0.15) is 11.9 Å². The Bertz CT molecular complexity index is 749. The molecule has 0 aliphatic carbocycles. The van der Waals surface area contributed by atoms with Gasteiger partial charge in [-0.25, -0.2) is 4.39 Å². The Balaban J connectivity index is 1.69. The molecule has 1 fully saturated rings. The normalized spacial score (nSPS) is 15.9. The lowest BCUT2D eigenvalue weighted by molar-refractivity contribution is -0.127. The van der Waals surface area contributed by atoms with Crippen LogP contribution in [-0.2, 0) is 4.79 Å². The van der Waals surface area contributed by atoms with Gasteiger partial charge >= 0.3 is 0 Å². The predicted octanol–water partition coefficient (Wildman–Crippen LogP) is 2.38. The number of hydrazine groups is 1. The first-order chi connectivity index (χ1) is 12.6. The minimum absolute atomic E-state index is 0.275. The Morgan fingerprint density at radius 1 is 0.962 bits per heavy atom. The number of nitrogens with zero attached hydrogens (tertiary/aromatic N) is 1. The van der Waals surface area contributed by atoms with Crippen LogP contribution in [0.15, 0.2) is 54.6 Å². The van der Waals surface area contributed by atoms with E-state index < -0.39 is 17.8 Å². The fourth-order valence-corrected chi connectivity index (χ4v) is 3.79. The summed E-state index contributed by atoms with van der Waals surface area (Å²) in [7, 11) is 0. The van der Waals surface area contributed by atoms with Crippen LogP contribution in [0.4, 0.5) is 4.39 Å². The molecule has 0 spiro atoms. The average Bonchev–Trinajstić information content (AvgIpc) is 2.68. The quantitative estimate of drug-likeness (QED) is 0.808. The van der Waals surface area contributed by atoms with Crippen molar-refractivity contribution in [1.82, 2.24) is 15.8 Å². The Hall–Kier alpha value is -2.38. The van der Waals surface area contributed by atoms with Crippen LogP contribution in [0.25, 0.3) is 0 Å². The van der Waals surface area contributed by atoms with E-state index >= 15 is 0 Å². The number of halogens is 1. The molecule has 1 unspecified atom stereocenters. The first-order valence-electron chi connectivity index (χ1n) is 8.37. The van der Waals surface area contributed by atoms with Gasteiger partial charge in [-0.2, -0.15) is 11.8 Å². The topological polar surface area (TPSA) is 61.4 Å². The Morgan fingerprint density at radius 3 is 2.27 bits per heavy atom. The zero-order valence-corrected chi connectivity index (χ0v) is 15.0. The second kappa shape index (κ2) is 8.82. The summed E-state index contributed by atoms with van der Waals surface area (Å²) in [6, 6.07) is 14.2. The molecule has 0 aromatic heterocycles. The van der Waals surface area contributed by atoms with Crippen LogP contribution in [0.5, 0.6) is 0 Å². The molecule has 0 saturated carbocycles. The number of carbonyl (C=O) groups excluding carboxylic acids is 2. The molecule has 2 aromatic rings. The van der Waals surface area contributed by atoms with Gasteiger partial charge in [0.2, 0.25) is 0 Å². The molecule has 136 valence electrons. The summed E-state index contributed by atoms with van der Waals surface area (Å²) in [4.78, 5) is 27.0. The first-order valence-corrected chi connectivity index (χ1v) is 9.53. The van der Waals surface area contributed by atoms with Crippen molar-refractivity contribution in [2.75, 3.05) is 24.6 Å². The van der Waals surface area contributed by atoms with Crippen molar-refractivity contribution < 1.29 is 14.0 Å². The molecule has 0 bridgehead atoms. The maximum Gasteiger partial charge on any atom is 0.269 e. The molecular weight excluding hydrogens is 353 g/mol. The average molecular weight is 373 g/mol. The van der Waals surface area contributed by atoms with Gasteiger partial charge < -0.3 is 0 Å². The molecule has 0 radical (unpaired) electrons. The monoisotopic (exact) mass is 373 g/mol. The largest absolute Gasteiger partial charge is 0.287 e. The summed E-state index contributed by atoms with van der Waals surface area (Å²) >= 11 is 1.87. The number of hydrogen-bond acceptors (Lipinski definition) is 4. The number of benzene rings is 2. The van der Waals surface area contributed by atoms with Crippen molar-refractivity contribution in [1.29, 1.82) is 0 Å². The summed E-state index contributed by atoms with van der Waals surface area (Å²) in [5.41, 5.74) is 6.08. The number of hydrogen-bond donors (Lipinski definition) is 2. The summed E-state index contributed by atoms with van der Waals surface area (Å²) < 4.78 is 13.0. The number of rotatable bonds is 4. The van der Waals surface area contributed by atoms with Crippen molar-refractivity contribution in [2.24, 2.45) is 0 Å². The van der Waals surface area contributed by atoms with Crippen LogP contribution < -0.4 is 10.9 Å². The molecule has 1 aliphatic heterocycles. The van der Waals surface area contributed by atoms with Crippen LogP contribution in [0.3, 0.4) is 0 Å². The highest BCUT2D eigenvalue weighted by molar-refractivity contribution is 7.99. The van der Waals surface area contributed by atoms with Crippen molar-refractivity contribution in [3.8, 4) is 0 Å². The van der Waals surface area contributed by atoms with E-state index in [1.807, 2.05) is 42.1 Å². The summed E-state index contributed by atoms with van der Waals surface area (Å²) in [6.07, 6.45) is 0. The molecule has 26 heavy (non-hydrogen) atoms. The first kappa shape index (κ1) is 18.4. The molecular formula is C19H20FN3O2S. The molecule has 2 N–H and O–H groups in total. The van der Waals surface area contributed by atoms with E-state index in [9.17, 15) is 14.0 Å². The van der Waals surface area contributed by atoms with Crippen LogP contribution in [0.1, 0.15) is 22.0 Å². The molecule has 1 saturated heterocycles. The highest BCUT2D eigenvalue weighted by Gasteiger charge is 2.29. The summed E-state index contributed by atoms with van der Waals surface area (Å²) in [6.45, 7) is 1.62. The maximum atomic E-state index is 13.0. The van der Waals surface area contributed by atoms with E-state index in [4.69, 9.17) is 0 Å². The van der Waals surface area contributed by atoms with Crippen LogP contribution in [-0.4, -0.2) is 41.3 Å². The second-order valence-corrected chi connectivity index (χ2v) is 7.14. The molecule has 1 atom stereocenters. The Labute approximate surface area is 155 Å². The highest BCUT2D eigenvalue weighted by atomic mass is 32.2. The van der Waals surface area contributed by atoms with E-state index in [2.05, 4.69) is 15.8 Å². The third-order valence-electron chi connectivity index (χ3n) is 4.18. The van der Waals surface area contributed by atoms with Gasteiger partial charge in [-0.05, 0) is 29.8 Å². The fourth-order valence-electron chi connectivity index (χ4n) is 2.86. The molecule has 2 aromatic carbocycles. The van der Waals surface area contributed by atoms with Crippen molar-refractivity contribution in [3.63, 3.8) is 0 Å². The van der Waals surface area contributed by atoms with Crippen LogP contribution in [0.2, 0.25) is 0 Å². The number of thioether (sulfide) groups is 1. The lowest BCUT2D eigenvalue weighted by Crippen LogP contribution is -2.49. The second-order valence-electron chi connectivity index (χ2n) is 5.91. The SMILES string of the molecule is O=C(NNC(=O)C(c1ccccc1)N1CCSCC1)c1ccc(F)cc1. The number of nitrogens with one attached hydrogen (secondary N) is 2. The Morgan fingerprint density at radius 2 is 1.62 bits per heavy atom. The van der Waals surface area contributed by atoms with E-state index in [0.717, 1.165) is 30.2 Å². The lowest BCUT2D eigenvalue weighted by Gasteiger charge is -2.33. The van der Waals surface area contributed by atoms with Crippen LogP contribution in [0, 0.1) is 5.82 Å². The van der Waals surface area contributed by atoms with Crippen molar-refractivity contribution in [3.05, 3.63) is 71.5 Å². The van der Waals surface area contributed by atoms with E-state index in [-0.39, 0.29) is 11.5 Å². The van der Waals surface area contributed by atoms with Crippen LogP contribution >= 0.6 is 11.8 Å². The minimum Gasteiger partial charge on any atom is -0.287 e.